The van der Waals surface area contributed by atoms with Crippen LogP contribution in [-0.4, -0.2) is 12.8 Å². The number of nitrogens with zero attached hydrogens (tertiary/aromatic N) is 1. The lowest BCUT2D eigenvalue weighted by Gasteiger charge is -2.01. The fourth-order valence-electron chi connectivity index (χ4n) is 0.453. The molecule has 3 nitrogen and oxygen atoms in total. The van der Waals surface area contributed by atoms with Crippen LogP contribution >= 0.6 is 0 Å². The average molecular weight is 141 g/mol. The van der Waals surface area contributed by atoms with E-state index >= 15 is 0 Å². The van der Waals surface area contributed by atoms with Crippen molar-refractivity contribution in [3.8, 4) is 0 Å². The number of rotatable bonds is 2. The second-order valence-electron chi connectivity index (χ2n) is 2.32. The monoisotopic (exact) mass is 141 g/mol. The Balaban J connectivity index is 4.33. The number of nitrogens with two attached hydrogens (primary N) is 1. The summed E-state index contributed by atoms with van der Waals surface area (Å²) in [7, 11) is 1.82. The summed E-state index contributed by atoms with van der Waals surface area (Å²) in [5.74, 6) is 0.558. The number of hydrogen-bond acceptors (Lipinski definition) is 3. The van der Waals surface area contributed by atoms with Crippen LogP contribution in [0.2, 0.25) is 0 Å². The summed E-state index contributed by atoms with van der Waals surface area (Å²) >= 11 is 0. The third-order valence-corrected chi connectivity index (χ3v) is 1.10. The molecule has 0 aliphatic carbocycles. The molecule has 0 bridgehead atoms. The first kappa shape index (κ1) is 9.01. The maximum atomic E-state index is 5.56. The van der Waals surface area contributed by atoms with Gasteiger partial charge in [0.1, 0.15) is 5.82 Å². The van der Waals surface area contributed by atoms with E-state index in [4.69, 9.17) is 5.73 Å². The second kappa shape index (κ2) is 3.93. The molecule has 0 aromatic heterocycles. The maximum absolute atomic E-state index is 5.56. The van der Waals surface area contributed by atoms with Gasteiger partial charge < -0.3 is 11.1 Å². The van der Waals surface area contributed by atoms with E-state index in [9.17, 15) is 0 Å². The molecule has 10 heavy (non-hydrogen) atoms. The molecule has 0 aliphatic heterocycles. The third-order valence-electron chi connectivity index (χ3n) is 1.10. The molecular formula is C7H15N3. The Kier molecular flexibility index (Phi) is 3.54. The largest absolute Gasteiger partial charge is 0.389 e. The molecule has 3 N–H and O–H groups in total. The van der Waals surface area contributed by atoms with Gasteiger partial charge in [-0.3, -0.25) is 0 Å². The van der Waals surface area contributed by atoms with Crippen molar-refractivity contribution in [3.05, 3.63) is 11.5 Å². The van der Waals surface area contributed by atoms with Crippen LogP contribution in [-0.2, 0) is 0 Å². The first-order valence-corrected chi connectivity index (χ1v) is 3.24. The van der Waals surface area contributed by atoms with Crippen molar-refractivity contribution in [3.63, 3.8) is 0 Å². The van der Waals surface area contributed by atoms with Crippen molar-refractivity contribution in [2.24, 2.45) is 10.7 Å². The van der Waals surface area contributed by atoms with Gasteiger partial charge in [-0.1, -0.05) is 0 Å². The molecule has 0 amide bonds. The SMILES string of the molecule is CN/C(C)=C(/N)N=C(C)C. The van der Waals surface area contributed by atoms with Gasteiger partial charge in [-0.2, -0.15) is 0 Å². The molecule has 0 radical (unpaired) electrons. The van der Waals surface area contributed by atoms with Gasteiger partial charge in [0, 0.05) is 12.8 Å². The lowest BCUT2D eigenvalue weighted by molar-refractivity contribution is 0.939. The lowest BCUT2D eigenvalue weighted by Crippen LogP contribution is -2.10. The smallest absolute Gasteiger partial charge is 0.142 e. The molecular weight excluding hydrogens is 126 g/mol. The zero-order chi connectivity index (χ0) is 8.15. The van der Waals surface area contributed by atoms with E-state index in [0.717, 1.165) is 11.4 Å². The number of aliphatic imine (C=N–C) groups is 1. The van der Waals surface area contributed by atoms with E-state index in [1.54, 1.807) is 0 Å². The van der Waals surface area contributed by atoms with Crippen LogP contribution in [0.5, 0.6) is 0 Å². The Hall–Kier alpha value is -0.990. The third kappa shape index (κ3) is 3.12. The van der Waals surface area contributed by atoms with Gasteiger partial charge >= 0.3 is 0 Å². The summed E-state index contributed by atoms with van der Waals surface area (Å²) in [6.07, 6.45) is 0. The minimum Gasteiger partial charge on any atom is -0.389 e. The molecule has 0 heterocycles. The lowest BCUT2D eigenvalue weighted by atomic mass is 10.4. The zero-order valence-corrected chi connectivity index (χ0v) is 7.02. The van der Waals surface area contributed by atoms with Gasteiger partial charge in [0.15, 0.2) is 0 Å². The van der Waals surface area contributed by atoms with Gasteiger partial charge in [0.05, 0.1) is 5.70 Å². The van der Waals surface area contributed by atoms with Gasteiger partial charge in [-0.05, 0) is 20.8 Å². The van der Waals surface area contributed by atoms with Gasteiger partial charge in [0.25, 0.3) is 0 Å². The van der Waals surface area contributed by atoms with Crippen molar-refractivity contribution < 1.29 is 0 Å². The molecule has 3 heteroatoms. The Morgan fingerprint density at radius 2 is 1.80 bits per heavy atom. The van der Waals surface area contributed by atoms with Crippen LogP contribution in [0.4, 0.5) is 0 Å². The molecule has 0 saturated carbocycles. The van der Waals surface area contributed by atoms with E-state index in [-0.39, 0.29) is 0 Å². The summed E-state index contributed by atoms with van der Waals surface area (Å²) in [4.78, 5) is 4.06. The highest BCUT2D eigenvalue weighted by Crippen LogP contribution is 1.94. The van der Waals surface area contributed by atoms with Gasteiger partial charge in [-0.25, -0.2) is 4.99 Å². The Labute approximate surface area is 62.0 Å². The molecule has 0 fully saturated rings. The van der Waals surface area contributed by atoms with Crippen LogP contribution in [0.3, 0.4) is 0 Å². The maximum Gasteiger partial charge on any atom is 0.142 e. The van der Waals surface area contributed by atoms with Gasteiger partial charge in [0.2, 0.25) is 0 Å². The molecule has 0 aromatic carbocycles. The fourth-order valence-corrected chi connectivity index (χ4v) is 0.453. The molecule has 0 aliphatic rings. The quantitative estimate of drug-likeness (QED) is 0.560. The predicted octanol–water partition coefficient (Wildman–Crippen LogP) is 0.834. The predicted molar refractivity (Wildman–Crippen MR) is 44.7 cm³/mol. The van der Waals surface area contributed by atoms with Crippen LogP contribution in [0.1, 0.15) is 20.8 Å². The van der Waals surface area contributed by atoms with Crippen molar-refractivity contribution in [1.29, 1.82) is 0 Å². The minimum absolute atomic E-state index is 0.558. The van der Waals surface area contributed by atoms with Crippen LogP contribution < -0.4 is 11.1 Å². The molecule has 0 rings (SSSR count). The summed E-state index contributed by atoms with van der Waals surface area (Å²) in [5, 5.41) is 2.92. The van der Waals surface area contributed by atoms with Crippen LogP contribution in [0, 0.1) is 0 Å². The first-order valence-electron chi connectivity index (χ1n) is 3.24. The Bertz CT molecular complexity index is 164. The first-order chi connectivity index (χ1) is 4.57. The average Bonchev–Trinajstić information content (AvgIpc) is 1.85. The second-order valence-corrected chi connectivity index (χ2v) is 2.32. The molecule has 0 atom stereocenters. The standard InChI is InChI=1S/C7H15N3/c1-5(2)10-7(8)6(3)9-4/h9H,8H2,1-4H3/b7-6-. The van der Waals surface area contributed by atoms with Crippen molar-refractivity contribution in [2.75, 3.05) is 7.05 Å². The Morgan fingerprint density at radius 1 is 1.30 bits per heavy atom. The number of allylic oxidation sites excluding steroid dienone is 1. The summed E-state index contributed by atoms with van der Waals surface area (Å²) in [6.45, 7) is 5.72. The van der Waals surface area contributed by atoms with Crippen LogP contribution in [0.25, 0.3) is 0 Å². The topological polar surface area (TPSA) is 50.4 Å². The number of nitrogens with one attached hydrogen (secondary N) is 1. The van der Waals surface area contributed by atoms with E-state index in [1.165, 1.54) is 0 Å². The van der Waals surface area contributed by atoms with E-state index in [0.29, 0.717) is 5.82 Å². The fraction of sp³-hybridized carbons (Fsp3) is 0.571. The number of hydrogen-bond donors (Lipinski definition) is 2. The molecule has 0 aromatic rings. The van der Waals surface area contributed by atoms with Crippen molar-refractivity contribution in [1.82, 2.24) is 5.32 Å². The van der Waals surface area contributed by atoms with Gasteiger partial charge in [-0.15, -0.1) is 0 Å². The normalized spacial score (nSPS) is 12.0. The zero-order valence-electron chi connectivity index (χ0n) is 7.02. The van der Waals surface area contributed by atoms with E-state index in [1.807, 2.05) is 27.8 Å². The summed E-state index contributed by atoms with van der Waals surface area (Å²) < 4.78 is 0. The molecule has 0 spiro atoms. The molecule has 0 saturated heterocycles. The van der Waals surface area contributed by atoms with E-state index in [2.05, 4.69) is 10.3 Å². The summed E-state index contributed by atoms with van der Waals surface area (Å²) in [5.41, 5.74) is 7.43. The highest BCUT2D eigenvalue weighted by molar-refractivity contribution is 5.80. The highest BCUT2D eigenvalue weighted by Gasteiger charge is 1.90. The molecule has 58 valence electrons. The highest BCUT2D eigenvalue weighted by atomic mass is 15.0. The van der Waals surface area contributed by atoms with Crippen molar-refractivity contribution >= 4 is 5.71 Å². The Morgan fingerprint density at radius 3 is 2.10 bits per heavy atom. The van der Waals surface area contributed by atoms with Crippen LogP contribution in [0.15, 0.2) is 16.5 Å². The summed E-state index contributed by atoms with van der Waals surface area (Å²) in [6, 6.07) is 0. The van der Waals surface area contributed by atoms with E-state index < -0.39 is 0 Å². The molecule has 0 unspecified atom stereocenters. The van der Waals surface area contributed by atoms with Crippen molar-refractivity contribution in [2.45, 2.75) is 20.8 Å². The minimum atomic E-state index is 0.558.